The summed E-state index contributed by atoms with van der Waals surface area (Å²) in [4.78, 5) is 34.0. The van der Waals surface area contributed by atoms with Crippen molar-refractivity contribution < 1.29 is 19.5 Å². The van der Waals surface area contributed by atoms with Gasteiger partial charge in [-0.3, -0.25) is 9.59 Å². The molecular formula is C14H17NO4S. The van der Waals surface area contributed by atoms with Crippen LogP contribution in [-0.4, -0.2) is 33.9 Å². The predicted molar refractivity (Wildman–Crippen MR) is 77.9 cm³/mol. The quantitative estimate of drug-likeness (QED) is 0.865. The molecule has 0 spiro atoms. The third kappa shape index (κ3) is 4.38. The number of carboxylic acid groups (broad SMARTS) is 1. The monoisotopic (exact) mass is 295 g/mol. The lowest BCUT2D eigenvalue weighted by molar-refractivity contribution is -0.140. The molecule has 0 heterocycles. The van der Waals surface area contributed by atoms with Gasteiger partial charge in [0.25, 0.3) is 0 Å². The summed E-state index contributed by atoms with van der Waals surface area (Å²) >= 11 is 0.902. The predicted octanol–water partition coefficient (Wildman–Crippen LogP) is 1.77. The van der Waals surface area contributed by atoms with Gasteiger partial charge in [-0.05, 0) is 25.0 Å². The first-order chi connectivity index (χ1) is 9.32. The lowest BCUT2D eigenvalue weighted by Crippen LogP contribution is -2.41. The van der Waals surface area contributed by atoms with Gasteiger partial charge in [0.2, 0.25) is 11.0 Å². The van der Waals surface area contributed by atoms with E-state index in [1.807, 2.05) is 32.0 Å². The molecule has 1 rings (SSSR count). The molecule has 0 aliphatic heterocycles. The minimum Gasteiger partial charge on any atom is -0.480 e. The van der Waals surface area contributed by atoms with Crippen LogP contribution < -0.4 is 5.32 Å². The number of aliphatic carboxylic acids is 1. The molecule has 20 heavy (non-hydrogen) atoms. The molecule has 0 bridgehead atoms. The summed E-state index contributed by atoms with van der Waals surface area (Å²) in [6.45, 7) is 4.92. The van der Waals surface area contributed by atoms with Crippen molar-refractivity contribution in [2.45, 2.75) is 26.8 Å². The Hall–Kier alpha value is -1.82. The van der Waals surface area contributed by atoms with Gasteiger partial charge in [-0.2, -0.15) is 0 Å². The minimum atomic E-state index is -1.15. The highest BCUT2D eigenvalue weighted by molar-refractivity contribution is 8.14. The number of hydrogen-bond acceptors (Lipinski definition) is 4. The lowest BCUT2D eigenvalue weighted by Gasteiger charge is -2.13. The molecule has 1 aromatic carbocycles. The van der Waals surface area contributed by atoms with E-state index in [9.17, 15) is 14.4 Å². The normalized spacial score (nSPS) is 11.8. The average molecular weight is 295 g/mol. The van der Waals surface area contributed by atoms with E-state index in [-0.39, 0.29) is 10.9 Å². The first-order valence-corrected chi connectivity index (χ1v) is 7.04. The summed E-state index contributed by atoms with van der Waals surface area (Å²) in [5, 5.41) is 11.1. The van der Waals surface area contributed by atoms with E-state index in [1.54, 1.807) is 0 Å². The number of carbonyl (C=O) groups excluding carboxylic acids is 2. The van der Waals surface area contributed by atoms with Crippen molar-refractivity contribution in [3.05, 3.63) is 34.9 Å². The molecule has 0 radical (unpaired) electrons. The highest BCUT2D eigenvalue weighted by Gasteiger charge is 2.21. The molecule has 0 aliphatic rings. The number of benzene rings is 1. The van der Waals surface area contributed by atoms with Gasteiger partial charge in [0.15, 0.2) is 0 Å². The summed E-state index contributed by atoms with van der Waals surface area (Å²) in [6.07, 6.45) is 0. The Morgan fingerprint density at radius 2 is 1.80 bits per heavy atom. The summed E-state index contributed by atoms with van der Waals surface area (Å²) in [5.41, 5.74) is 2.31. The number of thioether (sulfide) groups is 1. The third-order valence-electron chi connectivity index (χ3n) is 2.74. The molecular weight excluding hydrogens is 278 g/mol. The van der Waals surface area contributed by atoms with E-state index in [2.05, 4.69) is 5.32 Å². The van der Waals surface area contributed by atoms with E-state index >= 15 is 0 Å². The number of hydrogen-bond donors (Lipinski definition) is 2. The van der Waals surface area contributed by atoms with Gasteiger partial charge in [-0.25, -0.2) is 4.79 Å². The number of amides is 1. The van der Waals surface area contributed by atoms with Crippen molar-refractivity contribution in [2.75, 3.05) is 5.75 Å². The van der Waals surface area contributed by atoms with Gasteiger partial charge >= 0.3 is 5.97 Å². The van der Waals surface area contributed by atoms with Crippen LogP contribution >= 0.6 is 11.8 Å². The summed E-state index contributed by atoms with van der Waals surface area (Å²) < 4.78 is 0. The lowest BCUT2D eigenvalue weighted by atomic mass is 10.0. The molecule has 0 aliphatic carbocycles. The molecule has 1 aromatic rings. The summed E-state index contributed by atoms with van der Waals surface area (Å²) in [5.74, 6) is -1.58. The molecule has 1 amide bonds. The van der Waals surface area contributed by atoms with Crippen molar-refractivity contribution >= 4 is 28.8 Å². The van der Waals surface area contributed by atoms with Crippen molar-refractivity contribution in [1.82, 2.24) is 5.32 Å². The summed E-state index contributed by atoms with van der Waals surface area (Å²) in [6, 6.07) is 4.47. The van der Waals surface area contributed by atoms with E-state index in [4.69, 9.17) is 5.11 Å². The molecule has 108 valence electrons. The average Bonchev–Trinajstić information content (AvgIpc) is 2.33. The third-order valence-corrected chi connectivity index (χ3v) is 3.71. The molecule has 1 atom stereocenters. The standard InChI is InChI=1S/C14H17NO4S/c1-8-5-4-6-9(2)12(8)14(19)20-7-11(13(17)18)15-10(3)16/h4-6,11H,7H2,1-3H3,(H,15,16)(H,17,18). The Morgan fingerprint density at radius 1 is 1.25 bits per heavy atom. The van der Waals surface area contributed by atoms with Gasteiger partial charge in [-0.15, -0.1) is 0 Å². The second-order valence-electron chi connectivity index (χ2n) is 4.46. The van der Waals surface area contributed by atoms with Crippen LogP contribution in [0, 0.1) is 13.8 Å². The zero-order chi connectivity index (χ0) is 15.3. The Kier molecular flexibility index (Phi) is 5.76. The molecule has 0 saturated carbocycles. The van der Waals surface area contributed by atoms with E-state index in [0.29, 0.717) is 5.56 Å². The van der Waals surface area contributed by atoms with Gasteiger partial charge in [0, 0.05) is 18.2 Å². The second-order valence-corrected chi connectivity index (χ2v) is 5.45. The largest absolute Gasteiger partial charge is 0.480 e. The fourth-order valence-electron chi connectivity index (χ4n) is 1.79. The maximum atomic E-state index is 12.2. The topological polar surface area (TPSA) is 83.5 Å². The minimum absolute atomic E-state index is 0.00151. The van der Waals surface area contributed by atoms with Crippen LogP contribution in [0.1, 0.15) is 28.4 Å². The number of aryl methyl sites for hydroxylation is 2. The number of rotatable bonds is 5. The molecule has 5 nitrogen and oxygen atoms in total. The van der Waals surface area contributed by atoms with Crippen LogP contribution in [0.4, 0.5) is 0 Å². The highest BCUT2D eigenvalue weighted by Crippen LogP contribution is 2.20. The SMILES string of the molecule is CC(=O)NC(CSC(=O)c1c(C)cccc1C)C(=O)O. The summed E-state index contributed by atoms with van der Waals surface area (Å²) in [7, 11) is 0. The zero-order valence-corrected chi connectivity index (χ0v) is 12.4. The van der Waals surface area contributed by atoms with E-state index in [0.717, 1.165) is 22.9 Å². The molecule has 0 aromatic heterocycles. The maximum Gasteiger partial charge on any atom is 0.327 e. The van der Waals surface area contributed by atoms with Crippen molar-refractivity contribution in [3.8, 4) is 0 Å². The van der Waals surface area contributed by atoms with E-state index < -0.39 is 17.9 Å². The molecule has 0 saturated heterocycles. The van der Waals surface area contributed by atoms with Gasteiger partial charge in [-0.1, -0.05) is 30.0 Å². The fourth-order valence-corrected chi connectivity index (χ4v) is 2.80. The van der Waals surface area contributed by atoms with Crippen LogP contribution in [0.2, 0.25) is 0 Å². The molecule has 2 N–H and O–H groups in total. The van der Waals surface area contributed by atoms with Crippen molar-refractivity contribution in [2.24, 2.45) is 0 Å². The molecule has 6 heteroatoms. The Bertz CT molecular complexity index is 522. The van der Waals surface area contributed by atoms with Crippen LogP contribution in [-0.2, 0) is 9.59 Å². The van der Waals surface area contributed by atoms with Crippen LogP contribution in [0.15, 0.2) is 18.2 Å². The van der Waals surface area contributed by atoms with Crippen molar-refractivity contribution in [3.63, 3.8) is 0 Å². The number of nitrogens with one attached hydrogen (secondary N) is 1. The van der Waals surface area contributed by atoms with Crippen LogP contribution in [0.3, 0.4) is 0 Å². The fraction of sp³-hybridized carbons (Fsp3) is 0.357. The van der Waals surface area contributed by atoms with Crippen LogP contribution in [0.5, 0.6) is 0 Å². The molecule has 0 fully saturated rings. The first kappa shape index (κ1) is 16.2. The number of carboxylic acids is 1. The maximum absolute atomic E-state index is 12.2. The van der Waals surface area contributed by atoms with E-state index in [1.165, 1.54) is 6.92 Å². The van der Waals surface area contributed by atoms with Gasteiger partial charge < -0.3 is 10.4 Å². The van der Waals surface area contributed by atoms with Gasteiger partial charge in [0.05, 0.1) is 0 Å². The van der Waals surface area contributed by atoms with Crippen molar-refractivity contribution in [1.29, 1.82) is 0 Å². The Labute approximate surface area is 121 Å². The Balaban J connectivity index is 2.75. The first-order valence-electron chi connectivity index (χ1n) is 6.06. The second kappa shape index (κ2) is 7.09. The Morgan fingerprint density at radius 3 is 2.25 bits per heavy atom. The zero-order valence-electron chi connectivity index (χ0n) is 11.6. The number of carbonyl (C=O) groups is 3. The smallest absolute Gasteiger partial charge is 0.327 e. The molecule has 1 unspecified atom stereocenters. The van der Waals surface area contributed by atoms with Crippen LogP contribution in [0.25, 0.3) is 0 Å². The highest BCUT2D eigenvalue weighted by atomic mass is 32.2. The van der Waals surface area contributed by atoms with Gasteiger partial charge in [0.1, 0.15) is 6.04 Å².